The van der Waals surface area contributed by atoms with Crippen LogP contribution in [0.25, 0.3) is 22.3 Å². The van der Waals surface area contributed by atoms with E-state index in [0.717, 1.165) is 11.1 Å². The number of hydrogen-bond acceptors (Lipinski definition) is 15. The van der Waals surface area contributed by atoms with Gasteiger partial charge in [0.1, 0.15) is 18.7 Å². The maximum atomic E-state index is 13.7. The first-order valence-corrected chi connectivity index (χ1v) is 20.3. The molecular formula is C43H53N9O10. The van der Waals surface area contributed by atoms with Crippen molar-refractivity contribution in [2.24, 2.45) is 0 Å². The molecule has 5 rings (SSSR count). The zero-order valence-electron chi connectivity index (χ0n) is 34.8. The highest BCUT2D eigenvalue weighted by atomic mass is 16.6. The van der Waals surface area contributed by atoms with Crippen LogP contribution >= 0.6 is 0 Å². The molecule has 0 radical (unpaired) electrons. The lowest BCUT2D eigenvalue weighted by Gasteiger charge is -2.29. The molecule has 330 valence electrons. The van der Waals surface area contributed by atoms with Gasteiger partial charge in [0.15, 0.2) is 5.82 Å². The minimum Gasteiger partial charge on any atom is -0.494 e. The molecule has 4 aromatic rings. The second kappa shape index (κ2) is 25.0. The summed E-state index contributed by atoms with van der Waals surface area (Å²) < 4.78 is 28.5. The van der Waals surface area contributed by atoms with Crippen molar-refractivity contribution < 1.29 is 48.3 Å². The third-order valence-electron chi connectivity index (χ3n) is 10.1. The van der Waals surface area contributed by atoms with Crippen molar-refractivity contribution in [2.75, 3.05) is 106 Å². The van der Waals surface area contributed by atoms with Crippen molar-refractivity contribution in [1.29, 1.82) is 5.26 Å². The van der Waals surface area contributed by atoms with Crippen LogP contribution in [0.3, 0.4) is 0 Å². The van der Waals surface area contributed by atoms with Crippen molar-refractivity contribution >= 4 is 34.1 Å². The number of nitrogens with zero attached hydrogens (tertiary/aromatic N) is 7. The third-order valence-corrected chi connectivity index (χ3v) is 10.1. The Balaban J connectivity index is 1.11. The third kappa shape index (κ3) is 12.8. The molecular weight excluding hydrogens is 803 g/mol. The van der Waals surface area contributed by atoms with E-state index >= 15 is 0 Å². The molecule has 1 aromatic carbocycles. The average molecular weight is 856 g/mol. The van der Waals surface area contributed by atoms with Crippen molar-refractivity contribution in [3.05, 3.63) is 71.6 Å². The number of nitriles is 1. The number of ether oxygens (including phenoxy) is 5. The SMILES string of the molecule is C#CCOCCOCCOCCOCCN(CCCNC(=O)c1ncn(-c2ncc(OC)c3c(C(=O)C(=O)N4CCC(=C(C#N)c5ccccc5)CC4)c[nH]c23)n1)C(CO)CO. The highest BCUT2D eigenvalue weighted by molar-refractivity contribution is 6.45. The van der Waals surface area contributed by atoms with Crippen LogP contribution in [0.1, 0.15) is 45.8 Å². The number of hydrogen-bond donors (Lipinski definition) is 4. The number of fused-ring (bicyclic) bond motifs is 1. The number of rotatable bonds is 26. The standard InChI is InChI=1S/C43H53N9O10/c1-3-17-59-19-21-61-23-24-62-22-20-60-18-16-50(33(28-53)29-54)13-7-12-45-42(56)40-48-30-52(49-40)41-38-37(36(58-2)27-47-41)35(26-46-38)39(55)43(57)51-14-10-32(11-15-51)34(25-44)31-8-5-4-6-9-31/h1,4-6,8-9,26-27,30,33,46,53-54H,7,10-24,28-29H2,2H3,(H,45,56). The first-order chi connectivity index (χ1) is 30.3. The summed E-state index contributed by atoms with van der Waals surface area (Å²) in [5.41, 5.74) is 2.78. The van der Waals surface area contributed by atoms with E-state index in [1.54, 1.807) is 0 Å². The topological polar surface area (TPSA) is 240 Å². The first-order valence-electron chi connectivity index (χ1n) is 20.3. The van der Waals surface area contributed by atoms with Gasteiger partial charge in [0, 0.05) is 38.9 Å². The smallest absolute Gasteiger partial charge is 0.295 e. The quantitative estimate of drug-likeness (QED) is 0.0230. The number of likely N-dealkylation sites (tertiary alicyclic amines) is 1. The number of allylic oxidation sites excluding steroid dienone is 1. The number of pyridine rings is 1. The molecule has 19 nitrogen and oxygen atoms in total. The Bertz CT molecular complexity index is 2180. The number of carbonyl (C=O) groups excluding carboxylic acids is 3. The fraction of sp³-hybridized carbons (Fsp3) is 0.465. The number of nitrogens with one attached hydrogen (secondary N) is 2. The fourth-order valence-electron chi connectivity index (χ4n) is 6.82. The lowest BCUT2D eigenvalue weighted by Crippen LogP contribution is -2.44. The lowest BCUT2D eigenvalue weighted by molar-refractivity contribution is -0.126. The van der Waals surface area contributed by atoms with Gasteiger partial charge in [-0.15, -0.1) is 11.5 Å². The highest BCUT2D eigenvalue weighted by Crippen LogP contribution is 2.32. The number of carbonyl (C=O) groups is 3. The number of aliphatic hydroxyl groups is 2. The molecule has 0 saturated carbocycles. The number of Topliss-reactive ketones (excluding diaryl/α,β-unsaturated/α-hetero) is 1. The summed E-state index contributed by atoms with van der Waals surface area (Å²) in [6.45, 7) is 4.23. The van der Waals surface area contributed by atoms with Gasteiger partial charge in [-0.05, 0) is 30.4 Å². The predicted octanol–water partition coefficient (Wildman–Crippen LogP) is 1.41. The minimum absolute atomic E-state index is 0.0862. The molecule has 19 heteroatoms. The Morgan fingerprint density at radius 2 is 1.65 bits per heavy atom. The summed E-state index contributed by atoms with van der Waals surface area (Å²) in [6, 6.07) is 11.2. The molecule has 1 fully saturated rings. The van der Waals surface area contributed by atoms with Crippen LogP contribution < -0.4 is 10.1 Å². The van der Waals surface area contributed by atoms with E-state index in [1.807, 2.05) is 35.2 Å². The van der Waals surface area contributed by atoms with Gasteiger partial charge in [0.25, 0.3) is 17.6 Å². The molecule has 1 aliphatic heterocycles. The summed E-state index contributed by atoms with van der Waals surface area (Å²) in [6.07, 6.45) is 10.7. The number of H-pyrrole nitrogens is 1. The number of benzene rings is 1. The van der Waals surface area contributed by atoms with Crippen molar-refractivity contribution in [1.82, 2.24) is 39.8 Å². The first kappa shape index (κ1) is 47.0. The van der Waals surface area contributed by atoms with Gasteiger partial charge in [-0.1, -0.05) is 36.3 Å². The van der Waals surface area contributed by atoms with Crippen LogP contribution in [0.4, 0.5) is 0 Å². The van der Waals surface area contributed by atoms with Gasteiger partial charge in [0.05, 0.1) is 107 Å². The molecule has 0 spiro atoms. The minimum atomic E-state index is -0.737. The van der Waals surface area contributed by atoms with Gasteiger partial charge in [-0.25, -0.2) is 9.97 Å². The van der Waals surface area contributed by atoms with Gasteiger partial charge in [-0.2, -0.15) is 9.94 Å². The van der Waals surface area contributed by atoms with E-state index in [9.17, 15) is 29.9 Å². The number of amides is 2. The highest BCUT2D eigenvalue weighted by Gasteiger charge is 2.30. The van der Waals surface area contributed by atoms with E-state index in [4.69, 9.17) is 30.1 Å². The summed E-state index contributed by atoms with van der Waals surface area (Å²) >= 11 is 0. The van der Waals surface area contributed by atoms with Gasteiger partial charge in [0.2, 0.25) is 5.82 Å². The maximum absolute atomic E-state index is 13.7. The van der Waals surface area contributed by atoms with E-state index in [2.05, 4.69) is 37.4 Å². The number of piperidine rings is 1. The Kier molecular flexibility index (Phi) is 19.0. The van der Waals surface area contributed by atoms with Crippen LogP contribution in [-0.2, 0) is 23.7 Å². The van der Waals surface area contributed by atoms with E-state index < -0.39 is 23.6 Å². The van der Waals surface area contributed by atoms with Crippen LogP contribution in [0.2, 0.25) is 0 Å². The lowest BCUT2D eigenvalue weighted by atomic mass is 9.93. The number of terminal acetylenes is 1. The monoisotopic (exact) mass is 855 g/mol. The summed E-state index contributed by atoms with van der Waals surface area (Å²) in [5, 5.41) is 36.9. The number of aromatic amines is 1. The van der Waals surface area contributed by atoms with Gasteiger partial charge >= 0.3 is 0 Å². The van der Waals surface area contributed by atoms with Crippen LogP contribution in [0.5, 0.6) is 5.75 Å². The molecule has 4 N–H and O–H groups in total. The Labute approximate surface area is 359 Å². The second-order valence-corrected chi connectivity index (χ2v) is 14.0. The van der Waals surface area contributed by atoms with E-state index in [-0.39, 0.29) is 62.4 Å². The number of ketones is 1. The Morgan fingerprint density at radius 1 is 0.968 bits per heavy atom. The molecule has 62 heavy (non-hydrogen) atoms. The summed E-state index contributed by atoms with van der Waals surface area (Å²) in [5.74, 6) is 0.770. The van der Waals surface area contributed by atoms with E-state index in [0.29, 0.717) is 95.1 Å². The maximum Gasteiger partial charge on any atom is 0.295 e. The fourth-order valence-corrected chi connectivity index (χ4v) is 6.82. The van der Waals surface area contributed by atoms with Crippen LogP contribution in [-0.4, -0.2) is 174 Å². The van der Waals surface area contributed by atoms with Gasteiger partial charge in [-0.3, -0.25) is 19.3 Å². The molecule has 3 aromatic heterocycles. The second-order valence-electron chi connectivity index (χ2n) is 14.0. The number of methoxy groups -OCH3 is 1. The zero-order chi connectivity index (χ0) is 44.1. The Hall–Kier alpha value is -6.03. The van der Waals surface area contributed by atoms with Crippen LogP contribution in [0, 0.1) is 23.7 Å². The number of aromatic nitrogens is 5. The normalized spacial score (nSPS) is 12.8. The molecule has 0 unspecified atom stereocenters. The van der Waals surface area contributed by atoms with Crippen molar-refractivity contribution in [3.63, 3.8) is 0 Å². The molecule has 1 aliphatic rings. The molecule has 2 amide bonds. The molecule has 0 bridgehead atoms. The summed E-state index contributed by atoms with van der Waals surface area (Å²) in [4.78, 5) is 55.4. The molecule has 0 atom stereocenters. The van der Waals surface area contributed by atoms with Crippen molar-refractivity contribution in [2.45, 2.75) is 25.3 Å². The van der Waals surface area contributed by atoms with Crippen LogP contribution in [0.15, 0.2) is 54.6 Å². The number of aliphatic hydroxyl groups excluding tert-OH is 2. The Morgan fingerprint density at radius 3 is 2.29 bits per heavy atom. The molecule has 4 heterocycles. The average Bonchev–Trinajstić information content (AvgIpc) is 3.99. The molecule has 1 saturated heterocycles. The zero-order valence-corrected chi connectivity index (χ0v) is 34.8. The predicted molar refractivity (Wildman–Crippen MR) is 225 cm³/mol. The van der Waals surface area contributed by atoms with E-state index in [1.165, 1.54) is 35.4 Å². The summed E-state index contributed by atoms with van der Waals surface area (Å²) in [7, 11) is 1.43. The van der Waals surface area contributed by atoms with Crippen molar-refractivity contribution in [3.8, 4) is 30.0 Å². The largest absolute Gasteiger partial charge is 0.494 e. The molecule has 0 aliphatic carbocycles. The van der Waals surface area contributed by atoms with Gasteiger partial charge < -0.3 is 49.1 Å².